The summed E-state index contributed by atoms with van der Waals surface area (Å²) in [6, 6.07) is 6.10. The number of hydrogen-bond acceptors (Lipinski definition) is 4. The summed E-state index contributed by atoms with van der Waals surface area (Å²) in [5.74, 6) is -0.992. The Hall–Kier alpha value is -2.22. The second-order valence-corrected chi connectivity index (χ2v) is 2.95. The number of nitrogens with zero attached hydrogens (tertiary/aromatic N) is 1. The summed E-state index contributed by atoms with van der Waals surface area (Å²) in [6.45, 7) is 1.53. The average Bonchev–Trinajstić information content (AvgIpc) is 2.20. The lowest BCUT2D eigenvalue weighted by atomic mass is 10.2. The number of carboxylic acids is 1. The van der Waals surface area contributed by atoms with Crippen molar-refractivity contribution in [2.75, 3.05) is 5.73 Å². The zero-order valence-electron chi connectivity index (χ0n) is 8.10. The minimum Gasteiger partial charge on any atom is -0.478 e. The third kappa shape index (κ3) is 2.61. The number of carboxylic acid groups (broad SMARTS) is 1. The van der Waals surface area contributed by atoms with Crippen LogP contribution in [0.5, 0.6) is 5.75 Å². The van der Waals surface area contributed by atoms with Gasteiger partial charge in [0.15, 0.2) is 6.10 Å². The van der Waals surface area contributed by atoms with E-state index in [1.165, 1.54) is 25.1 Å². The van der Waals surface area contributed by atoms with Gasteiger partial charge in [0.25, 0.3) is 0 Å². The molecule has 0 aromatic heterocycles. The monoisotopic (exact) mass is 206 g/mol. The van der Waals surface area contributed by atoms with Crippen LogP contribution < -0.4 is 10.5 Å². The highest BCUT2D eigenvalue weighted by Gasteiger charge is 2.13. The molecule has 5 nitrogen and oxygen atoms in total. The van der Waals surface area contributed by atoms with Gasteiger partial charge in [-0.2, -0.15) is 5.26 Å². The molecule has 0 saturated heterocycles. The number of nitrogens with two attached hydrogens (primary N) is 1. The van der Waals surface area contributed by atoms with Crippen LogP contribution in [-0.4, -0.2) is 17.2 Å². The molecular weight excluding hydrogens is 196 g/mol. The van der Waals surface area contributed by atoms with E-state index in [4.69, 9.17) is 20.8 Å². The molecule has 1 aromatic rings. The zero-order valence-corrected chi connectivity index (χ0v) is 8.10. The predicted octanol–water partition coefficient (Wildman–Crippen LogP) is 1.26. The molecule has 1 rings (SSSR count). The Balaban J connectivity index is 3.07. The third-order valence-electron chi connectivity index (χ3n) is 1.72. The van der Waals surface area contributed by atoms with Crippen molar-refractivity contribution in [1.82, 2.24) is 0 Å². The number of nitriles is 1. The normalized spacial score (nSPS) is 11.5. The van der Waals surface area contributed by atoms with E-state index in [0.717, 1.165) is 0 Å². The van der Waals surface area contributed by atoms with Crippen molar-refractivity contribution >= 4 is 11.7 Å². The van der Waals surface area contributed by atoms with Crippen molar-refractivity contribution in [3.05, 3.63) is 23.8 Å². The van der Waals surface area contributed by atoms with Gasteiger partial charge < -0.3 is 15.6 Å². The lowest BCUT2D eigenvalue weighted by Gasteiger charge is -2.10. The number of nitrogen functional groups attached to an aromatic ring is 1. The van der Waals surface area contributed by atoms with Gasteiger partial charge in [0.1, 0.15) is 17.4 Å². The molecule has 0 fully saturated rings. The molecule has 1 unspecified atom stereocenters. The number of rotatable bonds is 3. The Labute approximate surface area is 86.7 Å². The number of hydrogen-bond donors (Lipinski definition) is 2. The molecule has 0 saturated carbocycles. The van der Waals surface area contributed by atoms with Crippen LogP contribution in [0.4, 0.5) is 5.69 Å². The molecule has 0 aliphatic carbocycles. The maximum Gasteiger partial charge on any atom is 0.339 e. The minimum atomic E-state index is -1.14. The molecule has 0 heterocycles. The quantitative estimate of drug-likeness (QED) is 0.725. The highest BCUT2D eigenvalue weighted by molar-refractivity contribution is 5.92. The highest BCUT2D eigenvalue weighted by atomic mass is 16.5. The number of carbonyl (C=O) groups is 1. The average molecular weight is 206 g/mol. The van der Waals surface area contributed by atoms with Crippen molar-refractivity contribution in [3.8, 4) is 11.8 Å². The van der Waals surface area contributed by atoms with E-state index in [1.807, 2.05) is 6.07 Å². The molecule has 1 atom stereocenters. The smallest absolute Gasteiger partial charge is 0.339 e. The highest BCUT2D eigenvalue weighted by Crippen LogP contribution is 2.22. The summed E-state index contributed by atoms with van der Waals surface area (Å²) in [5, 5.41) is 17.4. The number of benzene rings is 1. The number of aromatic carboxylic acids is 1. The number of anilines is 1. The van der Waals surface area contributed by atoms with Gasteiger partial charge in [-0.15, -0.1) is 0 Å². The summed E-state index contributed by atoms with van der Waals surface area (Å²) < 4.78 is 5.11. The Morgan fingerprint density at radius 2 is 2.33 bits per heavy atom. The second-order valence-electron chi connectivity index (χ2n) is 2.95. The lowest BCUT2D eigenvalue weighted by Crippen LogP contribution is -2.11. The minimum absolute atomic E-state index is 0.0444. The van der Waals surface area contributed by atoms with Crippen LogP contribution in [-0.2, 0) is 0 Å². The predicted molar refractivity (Wildman–Crippen MR) is 53.5 cm³/mol. The van der Waals surface area contributed by atoms with Crippen molar-refractivity contribution in [3.63, 3.8) is 0 Å². The van der Waals surface area contributed by atoms with Crippen LogP contribution >= 0.6 is 0 Å². The molecule has 0 aliphatic heterocycles. The Morgan fingerprint density at radius 1 is 1.67 bits per heavy atom. The Kier molecular flexibility index (Phi) is 3.13. The van der Waals surface area contributed by atoms with E-state index in [-0.39, 0.29) is 11.3 Å². The molecule has 78 valence electrons. The van der Waals surface area contributed by atoms with Crippen LogP contribution in [0.1, 0.15) is 17.3 Å². The first-order valence-corrected chi connectivity index (χ1v) is 4.23. The van der Waals surface area contributed by atoms with Gasteiger partial charge in [-0.25, -0.2) is 4.79 Å². The Bertz CT molecular complexity index is 423. The number of ether oxygens (including phenoxy) is 1. The maximum atomic E-state index is 10.8. The van der Waals surface area contributed by atoms with Crippen molar-refractivity contribution in [1.29, 1.82) is 5.26 Å². The molecule has 0 radical (unpaired) electrons. The van der Waals surface area contributed by atoms with E-state index in [2.05, 4.69) is 0 Å². The van der Waals surface area contributed by atoms with E-state index in [0.29, 0.717) is 5.69 Å². The first kappa shape index (κ1) is 10.9. The topological polar surface area (TPSA) is 96.3 Å². The van der Waals surface area contributed by atoms with E-state index in [1.54, 1.807) is 0 Å². The zero-order chi connectivity index (χ0) is 11.4. The molecule has 15 heavy (non-hydrogen) atoms. The van der Waals surface area contributed by atoms with Crippen molar-refractivity contribution in [2.24, 2.45) is 0 Å². The summed E-state index contributed by atoms with van der Waals surface area (Å²) in [7, 11) is 0. The van der Waals surface area contributed by atoms with Gasteiger partial charge >= 0.3 is 5.97 Å². The molecule has 5 heteroatoms. The molecular formula is C10H10N2O3. The van der Waals surface area contributed by atoms with Crippen LogP contribution in [0.25, 0.3) is 0 Å². The van der Waals surface area contributed by atoms with Crippen LogP contribution in [0, 0.1) is 11.3 Å². The fourth-order valence-corrected chi connectivity index (χ4v) is 1.03. The summed E-state index contributed by atoms with van der Waals surface area (Å²) in [5.41, 5.74) is 5.74. The van der Waals surface area contributed by atoms with Gasteiger partial charge in [0.05, 0.1) is 0 Å². The molecule has 3 N–H and O–H groups in total. The van der Waals surface area contributed by atoms with Crippen molar-refractivity contribution < 1.29 is 14.6 Å². The standard InChI is InChI=1S/C10H10N2O3/c1-6(5-11)15-9-3-2-7(12)4-8(9)10(13)14/h2-4,6H,12H2,1H3,(H,13,14). The second kappa shape index (κ2) is 4.33. The van der Waals surface area contributed by atoms with Gasteiger partial charge in [-0.3, -0.25) is 0 Å². The largest absolute Gasteiger partial charge is 0.478 e. The van der Waals surface area contributed by atoms with Crippen LogP contribution in [0.3, 0.4) is 0 Å². The van der Waals surface area contributed by atoms with Gasteiger partial charge in [-0.1, -0.05) is 0 Å². The molecule has 0 amide bonds. The van der Waals surface area contributed by atoms with Gasteiger partial charge in [-0.05, 0) is 25.1 Å². The molecule has 0 aliphatic rings. The Morgan fingerprint density at radius 3 is 2.87 bits per heavy atom. The van der Waals surface area contributed by atoms with Gasteiger partial charge in [0, 0.05) is 5.69 Å². The summed E-state index contributed by atoms with van der Waals surface area (Å²) in [6.07, 6.45) is -0.702. The van der Waals surface area contributed by atoms with Gasteiger partial charge in [0.2, 0.25) is 0 Å². The first-order valence-electron chi connectivity index (χ1n) is 4.23. The van der Waals surface area contributed by atoms with E-state index >= 15 is 0 Å². The first-order chi connectivity index (χ1) is 7.04. The molecule has 1 aromatic carbocycles. The molecule has 0 bridgehead atoms. The van der Waals surface area contributed by atoms with Crippen LogP contribution in [0.15, 0.2) is 18.2 Å². The fraction of sp³-hybridized carbons (Fsp3) is 0.200. The van der Waals surface area contributed by atoms with Crippen LogP contribution in [0.2, 0.25) is 0 Å². The maximum absolute atomic E-state index is 10.8. The lowest BCUT2D eigenvalue weighted by molar-refractivity contribution is 0.0691. The summed E-state index contributed by atoms with van der Waals surface area (Å²) in [4.78, 5) is 10.8. The fourth-order valence-electron chi connectivity index (χ4n) is 1.03. The SMILES string of the molecule is CC(C#N)Oc1ccc(N)cc1C(=O)O. The van der Waals surface area contributed by atoms with E-state index in [9.17, 15) is 4.79 Å². The molecule has 0 spiro atoms. The third-order valence-corrected chi connectivity index (χ3v) is 1.72. The van der Waals surface area contributed by atoms with Crippen molar-refractivity contribution in [2.45, 2.75) is 13.0 Å². The van der Waals surface area contributed by atoms with E-state index < -0.39 is 12.1 Å². The summed E-state index contributed by atoms with van der Waals surface area (Å²) >= 11 is 0.